The lowest BCUT2D eigenvalue weighted by molar-refractivity contribution is 0.101. The summed E-state index contributed by atoms with van der Waals surface area (Å²) in [4.78, 5) is 25.0. The quantitative estimate of drug-likeness (QED) is 0.578. The van der Waals surface area contributed by atoms with Crippen LogP contribution < -0.4 is 5.32 Å². The summed E-state index contributed by atoms with van der Waals surface area (Å²) in [5, 5.41) is 2.73. The van der Waals surface area contributed by atoms with Crippen molar-refractivity contribution in [3.05, 3.63) is 89.0 Å². The average Bonchev–Trinajstić information content (AvgIpc) is 2.68. The number of carbonyl (C=O) groups is 2. The van der Waals surface area contributed by atoms with Crippen molar-refractivity contribution in [1.29, 1.82) is 0 Å². The minimum absolute atomic E-state index is 0.0291. The molecule has 1 amide bonds. The molecule has 0 aliphatic carbocycles. The van der Waals surface area contributed by atoms with Crippen molar-refractivity contribution in [2.45, 2.75) is 16.7 Å². The zero-order valence-electron chi connectivity index (χ0n) is 14.4. The molecule has 6 heteroatoms. The van der Waals surface area contributed by atoms with Gasteiger partial charge in [-0.25, -0.2) is 8.42 Å². The molecular formula is C21H15NO4S. The predicted octanol–water partition coefficient (Wildman–Crippen LogP) is 3.62. The first kappa shape index (κ1) is 17.2. The molecule has 134 valence electrons. The number of fused-ring (bicyclic) bond motifs is 2. The molecule has 0 unspecified atom stereocenters. The Balaban J connectivity index is 1.75. The third-order valence-corrected chi connectivity index (χ3v) is 6.36. The van der Waals surface area contributed by atoms with Gasteiger partial charge in [0, 0.05) is 22.4 Å². The molecule has 0 bridgehead atoms. The molecule has 0 saturated carbocycles. The van der Waals surface area contributed by atoms with Gasteiger partial charge in [-0.15, -0.1) is 0 Å². The van der Waals surface area contributed by atoms with Crippen LogP contribution in [-0.2, 0) is 9.84 Å². The first-order valence-electron chi connectivity index (χ1n) is 8.29. The van der Waals surface area contributed by atoms with Crippen molar-refractivity contribution in [2.24, 2.45) is 0 Å². The smallest absolute Gasteiger partial charge is 0.255 e. The van der Waals surface area contributed by atoms with Crippen LogP contribution >= 0.6 is 0 Å². The fourth-order valence-corrected chi connectivity index (χ4v) is 4.74. The molecule has 3 aromatic rings. The van der Waals surface area contributed by atoms with E-state index in [-0.39, 0.29) is 32.3 Å². The number of nitrogens with one attached hydrogen (secondary N) is 1. The lowest BCUT2D eigenvalue weighted by atomic mass is 10.0. The van der Waals surface area contributed by atoms with Gasteiger partial charge >= 0.3 is 0 Å². The molecule has 5 nitrogen and oxygen atoms in total. The Morgan fingerprint density at radius 3 is 2.26 bits per heavy atom. The van der Waals surface area contributed by atoms with Crippen molar-refractivity contribution in [3.8, 4) is 0 Å². The zero-order chi connectivity index (χ0) is 19.2. The number of sulfone groups is 1. The predicted molar refractivity (Wildman–Crippen MR) is 101 cm³/mol. The van der Waals surface area contributed by atoms with E-state index in [1.165, 1.54) is 30.3 Å². The van der Waals surface area contributed by atoms with E-state index in [2.05, 4.69) is 5.32 Å². The number of anilines is 1. The van der Waals surface area contributed by atoms with Gasteiger partial charge in [0.1, 0.15) is 0 Å². The van der Waals surface area contributed by atoms with E-state index >= 15 is 0 Å². The first-order chi connectivity index (χ1) is 12.9. The fourth-order valence-electron chi connectivity index (χ4n) is 3.07. The summed E-state index contributed by atoms with van der Waals surface area (Å²) in [5.41, 5.74) is 2.07. The highest BCUT2D eigenvalue weighted by atomic mass is 32.2. The van der Waals surface area contributed by atoms with Crippen LogP contribution in [0.5, 0.6) is 0 Å². The Labute approximate surface area is 156 Å². The first-order valence-corrected chi connectivity index (χ1v) is 9.77. The zero-order valence-corrected chi connectivity index (χ0v) is 15.2. The highest BCUT2D eigenvalue weighted by Crippen LogP contribution is 2.34. The Kier molecular flexibility index (Phi) is 3.93. The monoisotopic (exact) mass is 377 g/mol. The molecule has 0 fully saturated rings. The van der Waals surface area contributed by atoms with Crippen molar-refractivity contribution in [2.75, 3.05) is 5.32 Å². The van der Waals surface area contributed by atoms with Crippen LogP contribution in [-0.4, -0.2) is 20.1 Å². The Morgan fingerprint density at radius 1 is 0.852 bits per heavy atom. The highest BCUT2D eigenvalue weighted by Gasteiger charge is 2.34. The number of ketones is 1. The summed E-state index contributed by atoms with van der Waals surface area (Å²) in [5.74, 6) is -0.802. The molecule has 3 aromatic carbocycles. The molecular weight excluding hydrogens is 362 g/mol. The van der Waals surface area contributed by atoms with Crippen LogP contribution in [0.4, 0.5) is 5.69 Å². The standard InChI is InChI=1S/C21H15NO4S/c1-13-6-9-15(10-7-13)22-21(24)14-8-11-17-19(12-14)27(25,26)18-5-3-2-4-16(18)20(17)23/h2-12H,1H3,(H,22,24). The summed E-state index contributed by atoms with van der Waals surface area (Å²) in [6, 6.07) is 17.5. The number of aryl methyl sites for hydroxylation is 1. The summed E-state index contributed by atoms with van der Waals surface area (Å²) in [6.45, 7) is 1.94. The van der Waals surface area contributed by atoms with E-state index in [1.807, 2.05) is 19.1 Å². The van der Waals surface area contributed by atoms with Gasteiger partial charge in [-0.2, -0.15) is 0 Å². The van der Waals surface area contributed by atoms with E-state index in [4.69, 9.17) is 0 Å². The van der Waals surface area contributed by atoms with Crippen molar-refractivity contribution in [1.82, 2.24) is 0 Å². The van der Waals surface area contributed by atoms with Crippen LogP contribution in [0.2, 0.25) is 0 Å². The summed E-state index contributed by atoms with van der Waals surface area (Å²) in [6.07, 6.45) is 0. The number of rotatable bonds is 2. The molecule has 1 aliphatic heterocycles. The third-order valence-electron chi connectivity index (χ3n) is 4.51. The number of carbonyl (C=O) groups excluding carboxylic acids is 2. The van der Waals surface area contributed by atoms with Gasteiger partial charge in [0.2, 0.25) is 9.84 Å². The van der Waals surface area contributed by atoms with E-state index in [0.29, 0.717) is 5.69 Å². The lowest BCUT2D eigenvalue weighted by Crippen LogP contribution is -2.21. The molecule has 4 rings (SSSR count). The molecule has 0 atom stereocenters. The molecule has 1 N–H and O–H groups in total. The maximum atomic E-state index is 12.9. The SMILES string of the molecule is Cc1ccc(NC(=O)c2ccc3c(c2)S(=O)(=O)c2ccccc2C3=O)cc1. The second-order valence-corrected chi connectivity index (χ2v) is 8.25. The van der Waals surface area contributed by atoms with E-state index in [0.717, 1.165) is 5.56 Å². The third kappa shape index (κ3) is 2.84. The van der Waals surface area contributed by atoms with Crippen molar-refractivity contribution in [3.63, 3.8) is 0 Å². The normalized spacial score (nSPS) is 14.2. The summed E-state index contributed by atoms with van der Waals surface area (Å²) in [7, 11) is -3.87. The molecule has 0 spiro atoms. The van der Waals surface area contributed by atoms with Crippen molar-refractivity contribution >= 4 is 27.2 Å². The van der Waals surface area contributed by atoms with Crippen LogP contribution in [0.1, 0.15) is 31.8 Å². The van der Waals surface area contributed by atoms with Gasteiger partial charge in [-0.05, 0) is 49.4 Å². The molecule has 0 saturated heterocycles. The van der Waals surface area contributed by atoms with Crippen LogP contribution in [0.3, 0.4) is 0 Å². The van der Waals surface area contributed by atoms with E-state index in [1.54, 1.807) is 24.3 Å². The lowest BCUT2D eigenvalue weighted by Gasteiger charge is -2.19. The van der Waals surface area contributed by atoms with Crippen LogP contribution in [0.25, 0.3) is 0 Å². The number of benzene rings is 3. The van der Waals surface area contributed by atoms with Gasteiger partial charge in [0.25, 0.3) is 5.91 Å². The highest BCUT2D eigenvalue weighted by molar-refractivity contribution is 7.91. The van der Waals surface area contributed by atoms with Gasteiger partial charge < -0.3 is 5.32 Å². The average molecular weight is 377 g/mol. The minimum atomic E-state index is -3.87. The maximum absolute atomic E-state index is 12.9. The van der Waals surface area contributed by atoms with Gasteiger partial charge in [0.05, 0.1) is 9.79 Å². The fraction of sp³-hybridized carbons (Fsp3) is 0.0476. The summed E-state index contributed by atoms with van der Waals surface area (Å²) < 4.78 is 25.9. The number of amides is 1. The van der Waals surface area contributed by atoms with Crippen LogP contribution in [0.15, 0.2) is 76.5 Å². The number of hydrogen-bond acceptors (Lipinski definition) is 4. The molecule has 27 heavy (non-hydrogen) atoms. The molecule has 0 radical (unpaired) electrons. The van der Waals surface area contributed by atoms with Gasteiger partial charge in [-0.1, -0.05) is 29.8 Å². The van der Waals surface area contributed by atoms with Gasteiger partial charge in [-0.3, -0.25) is 9.59 Å². The summed E-state index contributed by atoms with van der Waals surface area (Å²) >= 11 is 0. The Hall–Kier alpha value is -3.25. The van der Waals surface area contributed by atoms with E-state index < -0.39 is 15.7 Å². The molecule has 0 aromatic heterocycles. The van der Waals surface area contributed by atoms with E-state index in [9.17, 15) is 18.0 Å². The second-order valence-electron chi connectivity index (χ2n) is 6.36. The molecule has 1 aliphatic rings. The Bertz CT molecular complexity index is 1200. The molecule has 1 heterocycles. The topological polar surface area (TPSA) is 80.3 Å². The number of hydrogen-bond donors (Lipinski definition) is 1. The Morgan fingerprint density at radius 2 is 1.52 bits per heavy atom. The van der Waals surface area contributed by atoms with Crippen molar-refractivity contribution < 1.29 is 18.0 Å². The maximum Gasteiger partial charge on any atom is 0.255 e. The van der Waals surface area contributed by atoms with Gasteiger partial charge in [0.15, 0.2) is 5.78 Å². The second kappa shape index (κ2) is 6.17. The minimum Gasteiger partial charge on any atom is -0.322 e. The largest absolute Gasteiger partial charge is 0.322 e. The van der Waals surface area contributed by atoms with Crippen LogP contribution in [0, 0.1) is 6.92 Å².